The van der Waals surface area contributed by atoms with E-state index in [1.165, 1.54) is 44.4 Å². The lowest BCUT2D eigenvalue weighted by molar-refractivity contribution is -0.122. The van der Waals surface area contributed by atoms with Gasteiger partial charge in [-0.1, -0.05) is 46.0 Å². The molecule has 0 aliphatic heterocycles. The summed E-state index contributed by atoms with van der Waals surface area (Å²) in [5.41, 5.74) is 5.47. The lowest BCUT2D eigenvalue weighted by atomic mass is 9.87. The van der Waals surface area contributed by atoms with Crippen LogP contribution in [-0.2, 0) is 4.79 Å². The summed E-state index contributed by atoms with van der Waals surface area (Å²) < 4.78 is 5.64. The molecule has 1 heterocycles. The van der Waals surface area contributed by atoms with Crippen molar-refractivity contribution in [3.05, 3.63) is 18.0 Å². The van der Waals surface area contributed by atoms with Gasteiger partial charge in [0, 0.05) is 12.3 Å². The Kier molecular flexibility index (Phi) is 7.38. The van der Waals surface area contributed by atoms with Crippen molar-refractivity contribution in [2.45, 2.75) is 58.4 Å². The molecule has 1 aromatic heterocycles. The minimum absolute atomic E-state index is 0.112. The smallest absolute Gasteiger partial charge is 0.280 e. The Labute approximate surface area is 154 Å². The number of nitrogens with one attached hydrogen (secondary N) is 1. The van der Waals surface area contributed by atoms with Gasteiger partial charge in [-0.3, -0.25) is 14.9 Å². The largest absolute Gasteiger partial charge is 0.503 e. The van der Waals surface area contributed by atoms with Gasteiger partial charge >= 0.3 is 0 Å². The van der Waals surface area contributed by atoms with Crippen molar-refractivity contribution in [2.75, 3.05) is 6.61 Å². The molecule has 144 valence electrons. The van der Waals surface area contributed by atoms with Crippen LogP contribution in [0.15, 0.2) is 12.3 Å². The minimum atomic E-state index is -0.809. The number of rotatable bonds is 7. The van der Waals surface area contributed by atoms with Gasteiger partial charge in [0.25, 0.3) is 5.91 Å². The van der Waals surface area contributed by atoms with Crippen LogP contribution in [0.1, 0.15) is 62.9 Å². The number of nitrogens with two attached hydrogens (primary N) is 1. The number of aromatic hydroxyl groups is 1. The van der Waals surface area contributed by atoms with Crippen LogP contribution in [0.3, 0.4) is 0 Å². The summed E-state index contributed by atoms with van der Waals surface area (Å²) in [5.74, 6) is -1.01. The number of imide groups is 1. The third kappa shape index (κ3) is 5.42. The second-order valence-electron chi connectivity index (χ2n) is 7.24. The number of carbonyl (C=O) groups excluding carboxylic acids is 2. The highest BCUT2D eigenvalue weighted by atomic mass is 16.5. The average molecular weight is 363 g/mol. The van der Waals surface area contributed by atoms with Gasteiger partial charge in [-0.05, 0) is 18.3 Å². The standard InChI is InChI=1S/C19H29N3O4/c1-12(2)15(20)18(24)22-19(25)16-17(23)14(8-10-21-16)26-11-9-13-6-4-3-5-7-13/h8,10,12-13,15,23H,3-7,9,11,20H2,1-2H3,(H,22,24,25)/t15-/m0/s1. The van der Waals surface area contributed by atoms with Gasteiger partial charge in [-0.15, -0.1) is 0 Å². The van der Waals surface area contributed by atoms with E-state index in [9.17, 15) is 14.7 Å². The number of ether oxygens (including phenoxy) is 1. The molecule has 0 aromatic carbocycles. The van der Waals surface area contributed by atoms with Gasteiger partial charge in [0.2, 0.25) is 5.91 Å². The molecule has 1 aliphatic rings. The monoisotopic (exact) mass is 363 g/mol. The summed E-state index contributed by atoms with van der Waals surface area (Å²) in [6, 6.07) is 0.699. The Morgan fingerprint density at radius 3 is 2.69 bits per heavy atom. The Morgan fingerprint density at radius 1 is 1.35 bits per heavy atom. The molecule has 1 aliphatic carbocycles. The van der Waals surface area contributed by atoms with Crippen LogP contribution in [0.2, 0.25) is 0 Å². The van der Waals surface area contributed by atoms with Gasteiger partial charge in [-0.25, -0.2) is 4.98 Å². The second kappa shape index (κ2) is 9.52. The summed E-state index contributed by atoms with van der Waals surface area (Å²) in [6.07, 6.45) is 8.57. The second-order valence-corrected chi connectivity index (χ2v) is 7.24. The molecule has 26 heavy (non-hydrogen) atoms. The number of pyridine rings is 1. The van der Waals surface area contributed by atoms with E-state index in [0.717, 1.165) is 6.42 Å². The maximum atomic E-state index is 12.2. The quantitative estimate of drug-likeness (QED) is 0.685. The van der Waals surface area contributed by atoms with Gasteiger partial charge < -0.3 is 15.6 Å². The molecule has 1 atom stereocenters. The summed E-state index contributed by atoms with van der Waals surface area (Å²) in [7, 11) is 0. The highest BCUT2D eigenvalue weighted by Crippen LogP contribution is 2.30. The van der Waals surface area contributed by atoms with Crippen LogP contribution >= 0.6 is 0 Å². The zero-order valence-corrected chi connectivity index (χ0v) is 15.5. The Bertz CT molecular complexity index is 627. The molecule has 7 nitrogen and oxygen atoms in total. The van der Waals surface area contributed by atoms with Crippen molar-refractivity contribution in [1.82, 2.24) is 10.3 Å². The van der Waals surface area contributed by atoms with Crippen LogP contribution in [0, 0.1) is 11.8 Å². The number of nitrogens with zero attached hydrogens (tertiary/aromatic N) is 1. The predicted octanol–water partition coefficient (Wildman–Crippen LogP) is 2.38. The van der Waals surface area contributed by atoms with Crippen LogP contribution in [0.25, 0.3) is 0 Å². The maximum absolute atomic E-state index is 12.2. The van der Waals surface area contributed by atoms with E-state index >= 15 is 0 Å². The molecule has 0 bridgehead atoms. The summed E-state index contributed by atoms with van der Waals surface area (Å²) >= 11 is 0. The molecule has 1 fully saturated rings. The molecule has 0 radical (unpaired) electrons. The molecule has 1 aromatic rings. The summed E-state index contributed by atoms with van der Waals surface area (Å²) in [4.78, 5) is 28.0. The number of amides is 2. The first-order chi connectivity index (χ1) is 12.4. The fourth-order valence-electron chi connectivity index (χ4n) is 3.09. The minimum Gasteiger partial charge on any atom is -0.503 e. The fraction of sp³-hybridized carbons (Fsp3) is 0.632. The molecule has 1 saturated carbocycles. The molecular formula is C19H29N3O4. The highest BCUT2D eigenvalue weighted by molar-refractivity contribution is 6.06. The lowest BCUT2D eigenvalue weighted by Gasteiger charge is -2.21. The van der Waals surface area contributed by atoms with Crippen LogP contribution in [0.4, 0.5) is 0 Å². The zero-order chi connectivity index (χ0) is 19.1. The molecular weight excluding hydrogens is 334 g/mol. The normalized spacial score (nSPS) is 16.3. The van der Waals surface area contributed by atoms with Crippen LogP contribution in [0.5, 0.6) is 11.5 Å². The molecule has 2 rings (SSSR count). The van der Waals surface area contributed by atoms with E-state index in [2.05, 4.69) is 10.3 Å². The predicted molar refractivity (Wildman–Crippen MR) is 97.9 cm³/mol. The number of carbonyl (C=O) groups is 2. The Balaban J connectivity index is 1.94. The first-order valence-electron chi connectivity index (χ1n) is 9.31. The van der Waals surface area contributed by atoms with E-state index in [0.29, 0.717) is 12.5 Å². The van der Waals surface area contributed by atoms with Crippen molar-refractivity contribution < 1.29 is 19.4 Å². The van der Waals surface area contributed by atoms with Crippen molar-refractivity contribution >= 4 is 11.8 Å². The van der Waals surface area contributed by atoms with Crippen molar-refractivity contribution in [2.24, 2.45) is 17.6 Å². The maximum Gasteiger partial charge on any atom is 0.280 e. The van der Waals surface area contributed by atoms with Gasteiger partial charge in [-0.2, -0.15) is 0 Å². The molecule has 0 unspecified atom stereocenters. The van der Waals surface area contributed by atoms with E-state index in [-0.39, 0.29) is 23.1 Å². The first kappa shape index (κ1) is 20.2. The zero-order valence-electron chi connectivity index (χ0n) is 15.5. The Hall–Kier alpha value is -2.15. The average Bonchev–Trinajstić information content (AvgIpc) is 2.63. The highest BCUT2D eigenvalue weighted by Gasteiger charge is 2.24. The number of hydrogen-bond donors (Lipinski definition) is 3. The van der Waals surface area contributed by atoms with E-state index in [4.69, 9.17) is 10.5 Å². The molecule has 0 spiro atoms. The summed E-state index contributed by atoms with van der Waals surface area (Å²) in [6.45, 7) is 4.04. The van der Waals surface area contributed by atoms with Crippen LogP contribution in [-0.4, -0.2) is 34.6 Å². The fourth-order valence-corrected chi connectivity index (χ4v) is 3.09. The van der Waals surface area contributed by atoms with Crippen molar-refractivity contribution in [3.8, 4) is 11.5 Å². The number of aromatic nitrogens is 1. The summed E-state index contributed by atoms with van der Waals surface area (Å²) in [5, 5.41) is 12.4. The van der Waals surface area contributed by atoms with Gasteiger partial charge in [0.05, 0.1) is 12.6 Å². The molecule has 4 N–H and O–H groups in total. The van der Waals surface area contributed by atoms with Crippen LogP contribution < -0.4 is 15.8 Å². The van der Waals surface area contributed by atoms with Gasteiger partial charge in [0.1, 0.15) is 0 Å². The van der Waals surface area contributed by atoms with Crippen molar-refractivity contribution in [1.29, 1.82) is 0 Å². The van der Waals surface area contributed by atoms with Gasteiger partial charge in [0.15, 0.2) is 17.2 Å². The third-order valence-corrected chi connectivity index (χ3v) is 4.87. The Morgan fingerprint density at radius 2 is 2.04 bits per heavy atom. The number of hydrogen-bond acceptors (Lipinski definition) is 6. The topological polar surface area (TPSA) is 115 Å². The van der Waals surface area contributed by atoms with Crippen molar-refractivity contribution in [3.63, 3.8) is 0 Å². The molecule has 7 heteroatoms. The van der Waals surface area contributed by atoms with E-state index < -0.39 is 17.9 Å². The van der Waals surface area contributed by atoms with E-state index in [1.54, 1.807) is 13.8 Å². The molecule has 0 saturated heterocycles. The SMILES string of the molecule is CC(C)[C@H](N)C(=O)NC(=O)c1nccc(OCCC2CCCCC2)c1O. The lowest BCUT2D eigenvalue weighted by Crippen LogP contribution is -2.46. The molecule has 2 amide bonds. The first-order valence-corrected chi connectivity index (χ1v) is 9.31. The third-order valence-electron chi connectivity index (χ3n) is 4.87. The van der Waals surface area contributed by atoms with E-state index in [1.807, 2.05) is 0 Å².